The molecule has 0 spiro atoms. The Hall–Kier alpha value is -5.08. The second-order valence-corrected chi connectivity index (χ2v) is 16.8. The Morgan fingerprint density at radius 2 is 1.53 bits per heavy atom. The first-order valence-corrected chi connectivity index (χ1v) is 19.9. The lowest BCUT2D eigenvalue weighted by atomic mass is 9.80. The fourth-order valence-electron chi connectivity index (χ4n) is 8.68. The van der Waals surface area contributed by atoms with Crippen LogP contribution in [0.2, 0.25) is 10.3 Å². The van der Waals surface area contributed by atoms with E-state index in [0.717, 1.165) is 23.6 Å². The predicted octanol–water partition coefficient (Wildman–Crippen LogP) is 9.95. The minimum atomic E-state index is -4.97. The number of halogens is 6. The molecule has 1 unspecified atom stereocenters. The Balaban J connectivity index is 1.25. The van der Waals surface area contributed by atoms with Gasteiger partial charge in [-0.2, -0.15) is 18.2 Å². The van der Waals surface area contributed by atoms with Crippen molar-refractivity contribution in [1.29, 1.82) is 0 Å². The molecular weight excluding hydrogens is 813 g/mol. The van der Waals surface area contributed by atoms with E-state index in [1.807, 2.05) is 49.9 Å². The van der Waals surface area contributed by atoms with Gasteiger partial charge in [0.2, 0.25) is 5.28 Å². The van der Waals surface area contributed by atoms with Crippen molar-refractivity contribution in [1.82, 2.24) is 15.0 Å². The number of ether oxygens (including phenoxy) is 4. The fourth-order valence-corrected chi connectivity index (χ4v) is 9.16. The van der Waals surface area contributed by atoms with Crippen molar-refractivity contribution in [3.63, 3.8) is 0 Å². The molecule has 0 radical (unpaired) electrons. The highest BCUT2D eigenvalue weighted by Gasteiger charge is 2.54. The number of methoxy groups -OCH3 is 2. The molecule has 8 rings (SSSR count). The largest absolute Gasteiger partial charge is 0.497 e. The molecule has 3 aliphatic rings. The maximum absolute atomic E-state index is 17.3. The number of rotatable bonds is 9. The minimum Gasteiger partial charge on any atom is -0.497 e. The molecule has 2 fully saturated rings. The molecule has 1 saturated carbocycles. The molecule has 1 aliphatic carbocycles. The highest BCUT2D eigenvalue weighted by molar-refractivity contribution is 6.37. The van der Waals surface area contributed by atoms with Gasteiger partial charge in [-0.3, -0.25) is 4.79 Å². The van der Waals surface area contributed by atoms with Gasteiger partial charge >= 0.3 is 12.1 Å². The normalized spacial score (nSPS) is 19.8. The summed E-state index contributed by atoms with van der Waals surface area (Å²) in [7, 11) is 3.10. The molecule has 5 aromatic rings. The highest BCUT2D eigenvalue weighted by Crippen LogP contribution is 2.54. The monoisotopic (exact) mass is 853 g/mol. The topological polar surface area (TPSA) is 99.1 Å². The average molecular weight is 855 g/mol. The molecule has 16 heteroatoms. The molecule has 59 heavy (non-hydrogen) atoms. The van der Waals surface area contributed by atoms with Crippen molar-refractivity contribution < 1.29 is 41.3 Å². The summed E-state index contributed by atoms with van der Waals surface area (Å²) in [6, 6.07) is 16.2. The number of hydrogen-bond acceptors (Lipinski definition) is 10. The van der Waals surface area contributed by atoms with Gasteiger partial charge in [0.1, 0.15) is 40.9 Å². The quantitative estimate of drug-likeness (QED) is 0.0810. The van der Waals surface area contributed by atoms with Crippen molar-refractivity contribution in [3.8, 4) is 28.5 Å². The maximum atomic E-state index is 17.3. The van der Waals surface area contributed by atoms with Crippen LogP contribution in [0, 0.1) is 23.6 Å². The maximum Gasteiger partial charge on any atom is 0.418 e. The lowest BCUT2D eigenvalue weighted by Gasteiger charge is -2.43. The van der Waals surface area contributed by atoms with Gasteiger partial charge in [0.15, 0.2) is 11.6 Å². The smallest absolute Gasteiger partial charge is 0.418 e. The van der Waals surface area contributed by atoms with Crippen LogP contribution in [0.1, 0.15) is 50.3 Å². The number of pyridine rings is 1. The second-order valence-electron chi connectivity index (χ2n) is 16.1. The number of benzene rings is 3. The van der Waals surface area contributed by atoms with Crippen LogP contribution < -0.4 is 24.0 Å². The molecule has 10 nitrogen and oxygen atoms in total. The van der Waals surface area contributed by atoms with Gasteiger partial charge in [0, 0.05) is 19.6 Å². The van der Waals surface area contributed by atoms with Crippen LogP contribution in [0.3, 0.4) is 0 Å². The highest BCUT2D eigenvalue weighted by atomic mass is 35.5. The number of esters is 1. The lowest BCUT2D eigenvalue weighted by molar-refractivity contribution is -0.164. The molecule has 2 aliphatic heterocycles. The van der Waals surface area contributed by atoms with E-state index in [1.165, 1.54) is 6.07 Å². The molecule has 4 heterocycles. The van der Waals surface area contributed by atoms with E-state index < -0.39 is 51.4 Å². The number of hydrogen-bond donors (Lipinski definition) is 0. The summed E-state index contributed by atoms with van der Waals surface area (Å²) in [6.45, 7) is 6.20. The van der Waals surface area contributed by atoms with Crippen LogP contribution >= 0.6 is 23.2 Å². The van der Waals surface area contributed by atoms with Gasteiger partial charge in [-0.1, -0.05) is 35.9 Å². The summed E-state index contributed by atoms with van der Waals surface area (Å²) in [5, 5.41) is -0.678. The summed E-state index contributed by atoms with van der Waals surface area (Å²) in [5.41, 5.74) is -2.06. The molecule has 310 valence electrons. The van der Waals surface area contributed by atoms with Crippen molar-refractivity contribution in [2.24, 2.45) is 17.8 Å². The van der Waals surface area contributed by atoms with Crippen LogP contribution in [-0.4, -0.2) is 59.9 Å². The second kappa shape index (κ2) is 15.5. The average Bonchev–Trinajstić information content (AvgIpc) is 3.42. The predicted molar refractivity (Wildman–Crippen MR) is 216 cm³/mol. The SMILES string of the molecule is COc1ccc(CN(Cc2ccc(OC)cc2)c2ccc(C(F)(F)F)c(-c3c(Cl)c4c5c(nc(Cl)nc5c3F)N3C[C@H]5CC[C@H](C5C(=O)OC(C)(C)C)[C@H]3CO4)n2)cc1. The summed E-state index contributed by atoms with van der Waals surface area (Å²) in [4.78, 5) is 30.5. The summed E-state index contributed by atoms with van der Waals surface area (Å²) < 4.78 is 85.1. The van der Waals surface area contributed by atoms with E-state index in [4.69, 9.17) is 42.1 Å². The molecule has 2 bridgehead atoms. The van der Waals surface area contributed by atoms with E-state index in [1.54, 1.807) is 43.4 Å². The number of piperidine rings is 1. The molecule has 0 N–H and O–H groups in total. The number of anilines is 2. The Labute approximate surface area is 348 Å². The van der Waals surface area contributed by atoms with Crippen LogP contribution in [0.15, 0.2) is 60.7 Å². The zero-order valence-corrected chi connectivity index (χ0v) is 34.4. The third-order valence-corrected chi connectivity index (χ3v) is 11.8. The van der Waals surface area contributed by atoms with Crippen molar-refractivity contribution in [2.75, 3.05) is 37.2 Å². The minimum absolute atomic E-state index is 0.0261. The van der Waals surface area contributed by atoms with E-state index in [2.05, 4.69) is 15.0 Å². The van der Waals surface area contributed by atoms with Gasteiger partial charge < -0.3 is 28.7 Å². The standard InChI is InChI=1S/C43H41Cl2F4N5O5/c1-42(2,3)59-40(55)31-24-10-15-27(31)29-21-58-38-33-37(51-41(45)52-39(33)54(29)20-24)35(46)32(34(38)44)36-28(43(47,48)49)16-17-30(50-36)53(18-22-6-11-25(56-4)12-7-22)19-23-8-13-26(57-5)14-9-23/h6-9,11-14,16-17,24,27,29,31H,10,15,18-21H2,1-5H3/t24-,27+,29-,31?/m1/s1. The van der Waals surface area contributed by atoms with Crippen molar-refractivity contribution in [2.45, 2.75) is 64.5 Å². The molecule has 1 saturated heterocycles. The molecule has 0 amide bonds. The first kappa shape index (κ1) is 40.7. The molecular formula is C43H41Cl2F4N5O5. The number of alkyl halides is 3. The summed E-state index contributed by atoms with van der Waals surface area (Å²) in [6.07, 6.45) is -3.52. The van der Waals surface area contributed by atoms with Gasteiger partial charge in [-0.05, 0) is 105 Å². The van der Waals surface area contributed by atoms with E-state index >= 15 is 4.39 Å². The number of fused-ring (bicyclic) bond motifs is 5. The number of nitrogens with zero attached hydrogens (tertiary/aromatic N) is 5. The summed E-state index contributed by atoms with van der Waals surface area (Å²) >= 11 is 13.5. The Morgan fingerprint density at radius 1 is 0.898 bits per heavy atom. The molecule has 3 aromatic carbocycles. The third kappa shape index (κ3) is 7.77. The molecule has 2 aromatic heterocycles. The molecule has 4 atom stereocenters. The van der Waals surface area contributed by atoms with Gasteiger partial charge in [0.25, 0.3) is 0 Å². The Kier molecular flexibility index (Phi) is 10.7. The van der Waals surface area contributed by atoms with Gasteiger partial charge in [-0.15, -0.1) is 0 Å². The summed E-state index contributed by atoms with van der Waals surface area (Å²) in [5.74, 6) is -0.703. The third-order valence-electron chi connectivity index (χ3n) is 11.3. The zero-order valence-electron chi connectivity index (χ0n) is 32.9. The van der Waals surface area contributed by atoms with E-state index in [0.29, 0.717) is 24.5 Å². The lowest BCUT2D eigenvalue weighted by Crippen LogP contribution is -2.54. The van der Waals surface area contributed by atoms with Crippen LogP contribution in [0.25, 0.3) is 22.2 Å². The van der Waals surface area contributed by atoms with Crippen LogP contribution in [0.5, 0.6) is 17.2 Å². The zero-order chi connectivity index (χ0) is 42.0. The van der Waals surface area contributed by atoms with Crippen molar-refractivity contribution in [3.05, 3.63) is 93.5 Å². The van der Waals surface area contributed by atoms with Crippen molar-refractivity contribution >= 4 is 51.7 Å². The van der Waals surface area contributed by atoms with Gasteiger partial charge in [0.05, 0.1) is 53.4 Å². The number of aromatic nitrogens is 3. The van der Waals surface area contributed by atoms with Crippen LogP contribution in [0.4, 0.5) is 29.2 Å². The first-order valence-electron chi connectivity index (χ1n) is 19.1. The Bertz CT molecular complexity index is 2360. The number of carbonyl (C=O) groups is 1. The Morgan fingerprint density at radius 3 is 2.10 bits per heavy atom. The fraction of sp³-hybridized carbons (Fsp3) is 0.395. The first-order chi connectivity index (χ1) is 28.0. The van der Waals surface area contributed by atoms with Crippen LogP contribution in [-0.2, 0) is 28.8 Å². The number of carbonyl (C=O) groups excluding carboxylic acids is 1. The van der Waals surface area contributed by atoms with E-state index in [-0.39, 0.29) is 71.1 Å². The van der Waals surface area contributed by atoms with E-state index in [9.17, 15) is 18.0 Å². The van der Waals surface area contributed by atoms with Gasteiger partial charge in [-0.25, -0.2) is 14.4 Å².